The molecule has 0 aromatic rings. The van der Waals surface area contributed by atoms with Gasteiger partial charge in [0.05, 0.1) is 17.8 Å². The van der Waals surface area contributed by atoms with Gasteiger partial charge in [0.2, 0.25) is 0 Å². The molecule has 0 aromatic carbocycles. The lowest BCUT2D eigenvalue weighted by Gasteiger charge is -2.43. The minimum Gasteiger partial charge on any atom is -0.388 e. The molecule has 0 aliphatic carbocycles. The molecule has 1 rings (SSSR count). The molecule has 0 spiro atoms. The van der Waals surface area contributed by atoms with Gasteiger partial charge in [0.25, 0.3) is 0 Å². The van der Waals surface area contributed by atoms with Gasteiger partial charge >= 0.3 is 0 Å². The van der Waals surface area contributed by atoms with E-state index in [1.54, 1.807) is 0 Å². The van der Waals surface area contributed by atoms with Crippen LogP contribution in [0.3, 0.4) is 0 Å². The van der Waals surface area contributed by atoms with E-state index in [0.717, 1.165) is 19.4 Å². The van der Waals surface area contributed by atoms with Crippen LogP contribution in [-0.2, 0) is 4.74 Å². The van der Waals surface area contributed by atoms with Gasteiger partial charge in [0.1, 0.15) is 0 Å². The van der Waals surface area contributed by atoms with Crippen molar-refractivity contribution >= 4 is 0 Å². The zero-order valence-electron chi connectivity index (χ0n) is 10.7. The van der Waals surface area contributed by atoms with E-state index in [1.807, 2.05) is 13.8 Å². The van der Waals surface area contributed by atoms with E-state index in [2.05, 4.69) is 25.8 Å². The Morgan fingerprint density at radius 3 is 2.47 bits per heavy atom. The van der Waals surface area contributed by atoms with E-state index >= 15 is 0 Å². The fourth-order valence-electron chi connectivity index (χ4n) is 2.23. The lowest BCUT2D eigenvalue weighted by Crippen LogP contribution is -2.52. The molecule has 15 heavy (non-hydrogen) atoms. The molecule has 0 saturated carbocycles. The number of aliphatic hydroxyl groups is 1. The zero-order chi connectivity index (χ0) is 11.7. The van der Waals surface area contributed by atoms with Crippen molar-refractivity contribution in [3.05, 3.63) is 0 Å². The summed E-state index contributed by atoms with van der Waals surface area (Å²) in [5.41, 5.74) is -0.772. The third-order valence-electron chi connectivity index (χ3n) is 3.24. The van der Waals surface area contributed by atoms with Gasteiger partial charge in [-0.05, 0) is 34.7 Å². The summed E-state index contributed by atoms with van der Waals surface area (Å²) in [5.74, 6) is 0. The number of ether oxygens (including phenoxy) is 1. The zero-order valence-corrected chi connectivity index (χ0v) is 10.7. The number of rotatable bonds is 3. The van der Waals surface area contributed by atoms with Crippen molar-refractivity contribution in [3.8, 4) is 0 Å². The van der Waals surface area contributed by atoms with Gasteiger partial charge < -0.3 is 14.7 Å². The Kier molecular flexibility index (Phi) is 3.80. The first-order chi connectivity index (χ1) is 6.74. The molecule has 1 fully saturated rings. The highest BCUT2D eigenvalue weighted by Gasteiger charge is 2.40. The van der Waals surface area contributed by atoms with Crippen molar-refractivity contribution in [3.63, 3.8) is 0 Å². The predicted octanol–water partition coefficient (Wildman–Crippen LogP) is 1.65. The molecule has 1 saturated heterocycles. The number of nitrogens with zero attached hydrogens (tertiary/aromatic N) is 1. The Balaban J connectivity index is 2.58. The number of hydrogen-bond donors (Lipinski definition) is 1. The summed E-state index contributed by atoms with van der Waals surface area (Å²) < 4.78 is 5.62. The molecular weight excluding hydrogens is 190 g/mol. The van der Waals surface area contributed by atoms with E-state index in [1.165, 1.54) is 0 Å². The van der Waals surface area contributed by atoms with Crippen molar-refractivity contribution in [1.29, 1.82) is 0 Å². The average Bonchev–Trinajstić information content (AvgIpc) is 1.99. The minimum absolute atomic E-state index is 0.190. The summed E-state index contributed by atoms with van der Waals surface area (Å²) in [5, 5.41) is 10.5. The van der Waals surface area contributed by atoms with Crippen molar-refractivity contribution in [2.75, 3.05) is 20.2 Å². The molecule has 3 nitrogen and oxygen atoms in total. The SMILES string of the molecule is CC(C)N(C)C[C@@]1(O)CCOC(C)(C)C1. The highest BCUT2D eigenvalue weighted by molar-refractivity contribution is 4.92. The Hall–Kier alpha value is -0.120. The van der Waals surface area contributed by atoms with Crippen LogP contribution in [-0.4, -0.2) is 47.4 Å². The molecule has 3 heteroatoms. The molecule has 1 N–H and O–H groups in total. The first kappa shape index (κ1) is 12.9. The van der Waals surface area contributed by atoms with Crippen LogP contribution >= 0.6 is 0 Å². The van der Waals surface area contributed by atoms with Gasteiger partial charge in [-0.3, -0.25) is 0 Å². The van der Waals surface area contributed by atoms with Crippen molar-refractivity contribution < 1.29 is 9.84 Å². The summed E-state index contributed by atoms with van der Waals surface area (Å²) in [4.78, 5) is 2.20. The lowest BCUT2D eigenvalue weighted by atomic mass is 9.84. The molecule has 0 radical (unpaired) electrons. The van der Waals surface area contributed by atoms with Crippen molar-refractivity contribution in [2.45, 2.75) is 57.8 Å². The fraction of sp³-hybridized carbons (Fsp3) is 1.00. The van der Waals surface area contributed by atoms with E-state index in [-0.39, 0.29) is 5.60 Å². The molecule has 0 bridgehead atoms. The third kappa shape index (κ3) is 3.74. The third-order valence-corrected chi connectivity index (χ3v) is 3.24. The van der Waals surface area contributed by atoms with E-state index in [4.69, 9.17) is 4.74 Å². The normalized spacial score (nSPS) is 31.2. The minimum atomic E-state index is -0.583. The van der Waals surface area contributed by atoms with Crippen LogP contribution in [0.15, 0.2) is 0 Å². The summed E-state index contributed by atoms with van der Waals surface area (Å²) >= 11 is 0. The van der Waals surface area contributed by atoms with Gasteiger partial charge in [-0.2, -0.15) is 0 Å². The summed E-state index contributed by atoms with van der Waals surface area (Å²) in [6.07, 6.45) is 1.46. The molecule has 90 valence electrons. The maximum atomic E-state index is 10.5. The van der Waals surface area contributed by atoms with Crippen LogP contribution in [0.1, 0.15) is 40.5 Å². The summed E-state index contributed by atoms with van der Waals surface area (Å²) in [7, 11) is 2.06. The molecule has 1 atom stereocenters. The number of likely N-dealkylation sites (N-methyl/N-ethyl adjacent to an activating group) is 1. The Labute approximate surface area is 93.4 Å². The van der Waals surface area contributed by atoms with Crippen molar-refractivity contribution in [1.82, 2.24) is 4.90 Å². The first-order valence-corrected chi connectivity index (χ1v) is 5.81. The van der Waals surface area contributed by atoms with Gasteiger partial charge in [-0.25, -0.2) is 0 Å². The van der Waals surface area contributed by atoms with E-state index in [0.29, 0.717) is 12.6 Å². The highest BCUT2D eigenvalue weighted by atomic mass is 16.5. The molecule has 0 aromatic heterocycles. The maximum Gasteiger partial charge on any atom is 0.0823 e. The molecule has 1 heterocycles. The van der Waals surface area contributed by atoms with Gasteiger partial charge in [-0.1, -0.05) is 0 Å². The second kappa shape index (κ2) is 4.40. The summed E-state index contributed by atoms with van der Waals surface area (Å²) in [6, 6.07) is 0.472. The predicted molar refractivity (Wildman–Crippen MR) is 62.0 cm³/mol. The molecule has 1 aliphatic heterocycles. The largest absolute Gasteiger partial charge is 0.388 e. The lowest BCUT2D eigenvalue weighted by molar-refractivity contribution is -0.151. The van der Waals surface area contributed by atoms with Crippen LogP contribution < -0.4 is 0 Å². The van der Waals surface area contributed by atoms with E-state index < -0.39 is 5.60 Å². The topological polar surface area (TPSA) is 32.7 Å². The average molecular weight is 215 g/mol. The molecular formula is C12H25NO2. The van der Waals surface area contributed by atoms with Crippen LogP contribution in [0.2, 0.25) is 0 Å². The first-order valence-electron chi connectivity index (χ1n) is 5.81. The van der Waals surface area contributed by atoms with Crippen LogP contribution in [0.25, 0.3) is 0 Å². The second-order valence-electron chi connectivity index (χ2n) is 5.77. The maximum absolute atomic E-state index is 10.5. The second-order valence-corrected chi connectivity index (χ2v) is 5.77. The highest BCUT2D eigenvalue weighted by Crippen LogP contribution is 2.32. The standard InChI is InChI=1S/C12H25NO2/c1-10(2)13(5)9-12(14)6-7-15-11(3,4)8-12/h10,14H,6-9H2,1-5H3/t12-/m1/s1. The van der Waals surface area contributed by atoms with Gasteiger partial charge in [-0.15, -0.1) is 0 Å². The van der Waals surface area contributed by atoms with E-state index in [9.17, 15) is 5.11 Å². The fourth-order valence-corrected chi connectivity index (χ4v) is 2.23. The van der Waals surface area contributed by atoms with Crippen LogP contribution in [0.5, 0.6) is 0 Å². The van der Waals surface area contributed by atoms with Crippen LogP contribution in [0, 0.1) is 0 Å². The molecule has 0 amide bonds. The van der Waals surface area contributed by atoms with Gasteiger partial charge in [0, 0.05) is 25.4 Å². The van der Waals surface area contributed by atoms with Crippen LogP contribution in [0.4, 0.5) is 0 Å². The Morgan fingerprint density at radius 1 is 1.40 bits per heavy atom. The summed E-state index contributed by atoms with van der Waals surface area (Å²) in [6.45, 7) is 9.79. The monoisotopic (exact) mass is 215 g/mol. The smallest absolute Gasteiger partial charge is 0.0823 e. The van der Waals surface area contributed by atoms with Crippen molar-refractivity contribution in [2.24, 2.45) is 0 Å². The molecule has 0 unspecified atom stereocenters. The number of hydrogen-bond acceptors (Lipinski definition) is 3. The Morgan fingerprint density at radius 2 is 2.00 bits per heavy atom. The quantitative estimate of drug-likeness (QED) is 0.777. The molecule has 1 aliphatic rings. The Bertz CT molecular complexity index is 216. The van der Waals surface area contributed by atoms with Gasteiger partial charge in [0.15, 0.2) is 0 Å².